The number of ether oxygens (including phenoxy) is 1. The van der Waals surface area contributed by atoms with Crippen LogP contribution in [0.3, 0.4) is 0 Å². The van der Waals surface area contributed by atoms with E-state index in [2.05, 4.69) is 10.2 Å². The van der Waals surface area contributed by atoms with Crippen LogP contribution in [0.15, 0.2) is 6.07 Å². The Balaban J connectivity index is 1.47. The Labute approximate surface area is 160 Å². The maximum atomic E-state index is 12.8. The molecule has 1 aromatic carbocycles. The van der Waals surface area contributed by atoms with Crippen molar-refractivity contribution in [3.8, 4) is 5.75 Å². The summed E-state index contributed by atoms with van der Waals surface area (Å²) in [7, 11) is 0. The number of carbonyl (C=O) groups excluding carboxylic acids is 1. The maximum Gasteiger partial charge on any atom is 0.255 e. The molecule has 2 saturated heterocycles. The second-order valence-corrected chi connectivity index (χ2v) is 8.43. The lowest BCUT2D eigenvalue weighted by Crippen LogP contribution is -2.41. The van der Waals surface area contributed by atoms with Gasteiger partial charge in [-0.3, -0.25) is 9.69 Å². The van der Waals surface area contributed by atoms with E-state index in [1.807, 2.05) is 6.92 Å². The number of nitrogens with zero attached hydrogens (tertiary/aromatic N) is 1. The standard InChI is InChI=1S/C20H28ClN3O2/c1-13-4-5-14-17(22)16(21)12-15(18(14)26-13)19(25)23-9-8-20-6-2-10-24(20)11-3-7-20/h12-13H,2-11,22H2,1H3,(H,23,25). The van der Waals surface area contributed by atoms with Crippen molar-refractivity contribution in [1.82, 2.24) is 10.2 Å². The van der Waals surface area contributed by atoms with Gasteiger partial charge in [0.25, 0.3) is 5.91 Å². The second-order valence-electron chi connectivity index (χ2n) is 8.02. The third-order valence-electron chi connectivity index (χ3n) is 6.42. The number of benzene rings is 1. The van der Waals surface area contributed by atoms with Crippen molar-refractivity contribution in [2.45, 2.75) is 63.5 Å². The van der Waals surface area contributed by atoms with Gasteiger partial charge in [0.05, 0.1) is 22.4 Å². The van der Waals surface area contributed by atoms with Crippen LogP contribution >= 0.6 is 11.6 Å². The topological polar surface area (TPSA) is 67.6 Å². The number of halogens is 1. The molecule has 3 aliphatic rings. The molecule has 1 amide bonds. The van der Waals surface area contributed by atoms with Crippen molar-refractivity contribution in [2.75, 3.05) is 25.4 Å². The average Bonchev–Trinajstić information content (AvgIpc) is 3.17. The molecular formula is C20H28ClN3O2. The van der Waals surface area contributed by atoms with E-state index in [0.717, 1.165) is 24.8 Å². The lowest BCUT2D eigenvalue weighted by atomic mass is 9.90. The van der Waals surface area contributed by atoms with Crippen LogP contribution in [-0.2, 0) is 6.42 Å². The van der Waals surface area contributed by atoms with Crippen LogP contribution in [0.25, 0.3) is 0 Å². The number of rotatable bonds is 4. The van der Waals surface area contributed by atoms with Crippen molar-refractivity contribution >= 4 is 23.2 Å². The van der Waals surface area contributed by atoms with Crippen molar-refractivity contribution in [3.05, 3.63) is 22.2 Å². The first-order chi connectivity index (χ1) is 12.5. The molecule has 6 heteroatoms. The molecule has 3 aliphatic heterocycles. The van der Waals surface area contributed by atoms with Gasteiger partial charge in [0, 0.05) is 17.6 Å². The van der Waals surface area contributed by atoms with Crippen LogP contribution in [0.2, 0.25) is 5.02 Å². The van der Waals surface area contributed by atoms with E-state index in [4.69, 9.17) is 22.1 Å². The molecule has 4 rings (SSSR count). The highest BCUT2D eigenvalue weighted by Gasteiger charge is 2.43. The number of carbonyl (C=O) groups is 1. The first-order valence-electron chi connectivity index (χ1n) is 9.81. The van der Waals surface area contributed by atoms with Crippen LogP contribution in [-0.4, -0.2) is 42.1 Å². The minimum Gasteiger partial charge on any atom is -0.490 e. The maximum absolute atomic E-state index is 12.8. The van der Waals surface area contributed by atoms with Gasteiger partial charge in [-0.25, -0.2) is 0 Å². The highest BCUT2D eigenvalue weighted by atomic mass is 35.5. The minimum atomic E-state index is -0.115. The normalized spacial score (nSPS) is 24.0. The zero-order valence-corrected chi connectivity index (χ0v) is 16.2. The summed E-state index contributed by atoms with van der Waals surface area (Å²) in [6.45, 7) is 5.12. The molecule has 1 aromatic rings. The smallest absolute Gasteiger partial charge is 0.255 e. The van der Waals surface area contributed by atoms with Crippen LogP contribution in [0.5, 0.6) is 5.75 Å². The van der Waals surface area contributed by atoms with Gasteiger partial charge < -0.3 is 15.8 Å². The Morgan fingerprint density at radius 2 is 2.15 bits per heavy atom. The first kappa shape index (κ1) is 17.9. The first-order valence-corrected chi connectivity index (χ1v) is 10.2. The Morgan fingerprint density at radius 1 is 1.42 bits per heavy atom. The largest absolute Gasteiger partial charge is 0.490 e. The van der Waals surface area contributed by atoms with Gasteiger partial charge in [-0.2, -0.15) is 0 Å². The molecule has 0 spiro atoms. The number of hydrogen-bond donors (Lipinski definition) is 2. The molecule has 2 fully saturated rings. The molecule has 0 radical (unpaired) electrons. The molecule has 3 N–H and O–H groups in total. The summed E-state index contributed by atoms with van der Waals surface area (Å²) >= 11 is 6.27. The third-order valence-corrected chi connectivity index (χ3v) is 6.74. The van der Waals surface area contributed by atoms with Crippen LogP contribution in [0.4, 0.5) is 5.69 Å². The van der Waals surface area contributed by atoms with E-state index in [1.54, 1.807) is 6.07 Å². The molecule has 0 aliphatic carbocycles. The van der Waals surface area contributed by atoms with Crippen molar-refractivity contribution in [1.29, 1.82) is 0 Å². The van der Waals surface area contributed by atoms with E-state index < -0.39 is 0 Å². The van der Waals surface area contributed by atoms with Gasteiger partial charge in [-0.1, -0.05) is 11.6 Å². The highest BCUT2D eigenvalue weighted by molar-refractivity contribution is 6.33. The van der Waals surface area contributed by atoms with Crippen molar-refractivity contribution in [3.63, 3.8) is 0 Å². The SMILES string of the molecule is CC1CCc2c(N)c(Cl)cc(C(=O)NCCC34CCCN3CCC4)c2O1. The van der Waals surface area contributed by atoms with E-state index in [1.165, 1.54) is 38.8 Å². The number of nitrogens with one attached hydrogen (secondary N) is 1. The predicted octanol–water partition coefficient (Wildman–Crippen LogP) is 3.38. The molecule has 0 bridgehead atoms. The highest BCUT2D eigenvalue weighted by Crippen LogP contribution is 2.41. The second kappa shape index (κ2) is 6.93. The van der Waals surface area contributed by atoms with Gasteiger partial charge in [0.15, 0.2) is 0 Å². The number of hydrogen-bond acceptors (Lipinski definition) is 4. The van der Waals surface area contributed by atoms with Gasteiger partial charge in [-0.15, -0.1) is 0 Å². The third kappa shape index (κ3) is 3.05. The van der Waals surface area contributed by atoms with Crippen molar-refractivity contribution in [2.24, 2.45) is 0 Å². The minimum absolute atomic E-state index is 0.0825. The van der Waals surface area contributed by atoms with Gasteiger partial charge >= 0.3 is 0 Å². The zero-order chi connectivity index (χ0) is 18.3. The summed E-state index contributed by atoms with van der Waals surface area (Å²) in [4.78, 5) is 15.5. The van der Waals surface area contributed by atoms with E-state index in [-0.39, 0.29) is 12.0 Å². The summed E-state index contributed by atoms with van der Waals surface area (Å²) in [6, 6.07) is 1.65. The van der Waals surface area contributed by atoms with E-state index in [9.17, 15) is 4.79 Å². The molecule has 26 heavy (non-hydrogen) atoms. The lowest BCUT2D eigenvalue weighted by molar-refractivity contribution is 0.0933. The average molecular weight is 378 g/mol. The number of amides is 1. The van der Waals surface area contributed by atoms with Gasteiger partial charge in [0.2, 0.25) is 0 Å². The molecule has 0 saturated carbocycles. The van der Waals surface area contributed by atoms with Crippen LogP contribution < -0.4 is 15.8 Å². The van der Waals surface area contributed by atoms with Gasteiger partial charge in [0.1, 0.15) is 5.75 Å². The molecule has 3 heterocycles. The van der Waals surface area contributed by atoms with Gasteiger partial charge in [-0.05, 0) is 71.0 Å². The number of fused-ring (bicyclic) bond motifs is 2. The van der Waals surface area contributed by atoms with Crippen LogP contribution in [0.1, 0.15) is 61.4 Å². The molecule has 1 atom stereocenters. The molecule has 1 unspecified atom stereocenters. The lowest BCUT2D eigenvalue weighted by Gasteiger charge is -2.32. The summed E-state index contributed by atoms with van der Waals surface area (Å²) in [5.41, 5.74) is 8.35. The zero-order valence-electron chi connectivity index (χ0n) is 15.4. The molecule has 142 valence electrons. The monoisotopic (exact) mass is 377 g/mol. The van der Waals surface area contributed by atoms with E-state index >= 15 is 0 Å². The number of nitrogens with two attached hydrogens (primary N) is 1. The van der Waals surface area contributed by atoms with E-state index in [0.29, 0.717) is 34.1 Å². The molecule has 0 aromatic heterocycles. The summed E-state index contributed by atoms with van der Waals surface area (Å²) < 4.78 is 5.96. The Morgan fingerprint density at radius 3 is 2.88 bits per heavy atom. The fourth-order valence-corrected chi connectivity index (χ4v) is 5.22. The summed E-state index contributed by atoms with van der Waals surface area (Å²) in [6.07, 6.45) is 7.85. The Bertz CT molecular complexity index is 711. The molecular weight excluding hydrogens is 350 g/mol. The summed E-state index contributed by atoms with van der Waals surface area (Å²) in [5, 5.41) is 3.53. The Kier molecular flexibility index (Phi) is 4.78. The van der Waals surface area contributed by atoms with Crippen molar-refractivity contribution < 1.29 is 9.53 Å². The predicted molar refractivity (Wildman–Crippen MR) is 104 cm³/mol. The fraction of sp³-hybridized carbons (Fsp3) is 0.650. The Hall–Kier alpha value is -1.46. The fourth-order valence-electron chi connectivity index (χ4n) is 5.00. The van der Waals surface area contributed by atoms with Crippen LogP contribution in [0, 0.1) is 0 Å². The number of anilines is 1. The molecule has 5 nitrogen and oxygen atoms in total. The quantitative estimate of drug-likeness (QED) is 0.789. The summed E-state index contributed by atoms with van der Waals surface area (Å²) in [5.74, 6) is 0.501. The number of nitrogen functional groups attached to an aromatic ring is 1.